The minimum atomic E-state index is -1.28. The van der Waals surface area contributed by atoms with Crippen LogP contribution in [-0.4, -0.2) is 69.8 Å². The summed E-state index contributed by atoms with van der Waals surface area (Å²) in [7, 11) is 0. The minimum Gasteiger partial charge on any atom is -0.481 e. The molecular weight excluding hydrogens is 476 g/mol. The Morgan fingerprint density at radius 1 is 0.886 bits per heavy atom. The van der Waals surface area contributed by atoms with Gasteiger partial charge >= 0.3 is 11.9 Å². The van der Waals surface area contributed by atoms with Crippen molar-refractivity contribution in [2.45, 2.75) is 63.7 Å². The van der Waals surface area contributed by atoms with Crippen molar-refractivity contribution in [3.05, 3.63) is 35.9 Å². The van der Waals surface area contributed by atoms with Gasteiger partial charge in [-0.15, -0.1) is 0 Å². The number of carboxylic acid groups (broad SMARTS) is 2. The molecule has 0 spiro atoms. The molecule has 3 amide bonds. The van der Waals surface area contributed by atoms with Crippen molar-refractivity contribution < 1.29 is 34.2 Å². The van der Waals surface area contributed by atoms with Crippen LogP contribution in [0.25, 0.3) is 0 Å². The SMILES string of the molecule is CC(C)CC(NC(=O)C(Cc1ccccc1)NC(=O)C(CCC(=O)O)NC(=O)C(N)CS)C(=O)O. The Bertz CT molecular complexity index is 882. The van der Waals surface area contributed by atoms with Crippen LogP contribution in [-0.2, 0) is 30.4 Å². The first-order valence-corrected chi connectivity index (χ1v) is 11.8. The Hall–Kier alpha value is -3.12. The van der Waals surface area contributed by atoms with Gasteiger partial charge in [0.05, 0.1) is 6.04 Å². The van der Waals surface area contributed by atoms with Crippen LogP contribution in [0, 0.1) is 5.92 Å². The lowest BCUT2D eigenvalue weighted by Gasteiger charge is -2.25. The number of nitrogens with two attached hydrogens (primary N) is 1. The number of benzene rings is 1. The molecule has 194 valence electrons. The van der Waals surface area contributed by atoms with Crippen LogP contribution in [0.2, 0.25) is 0 Å². The molecule has 0 fully saturated rings. The highest BCUT2D eigenvalue weighted by atomic mass is 32.1. The molecule has 0 saturated heterocycles. The van der Waals surface area contributed by atoms with Crippen LogP contribution < -0.4 is 21.7 Å². The zero-order chi connectivity index (χ0) is 26.5. The van der Waals surface area contributed by atoms with Gasteiger partial charge in [-0.3, -0.25) is 19.2 Å². The van der Waals surface area contributed by atoms with Crippen molar-refractivity contribution in [2.24, 2.45) is 11.7 Å². The van der Waals surface area contributed by atoms with E-state index in [1.165, 1.54) is 0 Å². The summed E-state index contributed by atoms with van der Waals surface area (Å²) in [6, 6.07) is 4.13. The second-order valence-corrected chi connectivity index (χ2v) is 8.93. The molecule has 35 heavy (non-hydrogen) atoms. The Labute approximate surface area is 209 Å². The third-order valence-electron chi connectivity index (χ3n) is 5.05. The van der Waals surface area contributed by atoms with E-state index in [0.29, 0.717) is 5.56 Å². The second kappa shape index (κ2) is 15.0. The number of nitrogens with one attached hydrogen (secondary N) is 3. The molecule has 4 unspecified atom stereocenters. The molecule has 0 heterocycles. The fourth-order valence-corrected chi connectivity index (χ4v) is 3.36. The Kier molecular flexibility index (Phi) is 12.8. The lowest BCUT2D eigenvalue weighted by molar-refractivity contribution is -0.142. The molecular formula is C23H34N4O7S. The third-order valence-corrected chi connectivity index (χ3v) is 5.44. The maximum atomic E-state index is 13.0. The molecule has 11 nitrogen and oxygen atoms in total. The molecule has 7 N–H and O–H groups in total. The van der Waals surface area contributed by atoms with E-state index < -0.39 is 60.2 Å². The number of rotatable bonds is 15. The maximum Gasteiger partial charge on any atom is 0.326 e. The molecule has 0 saturated carbocycles. The number of hydrogen-bond acceptors (Lipinski definition) is 7. The number of thiol groups is 1. The van der Waals surface area contributed by atoms with Crippen molar-refractivity contribution in [2.75, 3.05) is 5.75 Å². The molecule has 0 aliphatic carbocycles. The maximum absolute atomic E-state index is 13.0. The fraction of sp³-hybridized carbons (Fsp3) is 0.522. The van der Waals surface area contributed by atoms with Gasteiger partial charge in [0.2, 0.25) is 17.7 Å². The minimum absolute atomic E-state index is 0.00453. The molecule has 1 rings (SSSR count). The van der Waals surface area contributed by atoms with Gasteiger partial charge in [-0.2, -0.15) is 12.6 Å². The second-order valence-electron chi connectivity index (χ2n) is 8.56. The van der Waals surface area contributed by atoms with Gasteiger partial charge in [0.25, 0.3) is 0 Å². The average molecular weight is 511 g/mol. The highest BCUT2D eigenvalue weighted by Gasteiger charge is 2.31. The van der Waals surface area contributed by atoms with Gasteiger partial charge in [-0.05, 0) is 24.3 Å². The summed E-state index contributed by atoms with van der Waals surface area (Å²) in [6.07, 6.45) is -0.426. The van der Waals surface area contributed by atoms with Gasteiger partial charge in [0.15, 0.2) is 0 Å². The summed E-state index contributed by atoms with van der Waals surface area (Å²) in [4.78, 5) is 61.0. The van der Waals surface area contributed by atoms with E-state index in [-0.39, 0.29) is 30.9 Å². The van der Waals surface area contributed by atoms with Crippen LogP contribution in [0.15, 0.2) is 30.3 Å². The molecule has 1 aromatic carbocycles. The zero-order valence-electron chi connectivity index (χ0n) is 19.8. The summed E-state index contributed by atoms with van der Waals surface area (Å²) in [5.41, 5.74) is 6.34. The number of carboxylic acids is 2. The number of carbonyl (C=O) groups excluding carboxylic acids is 3. The Morgan fingerprint density at radius 2 is 1.43 bits per heavy atom. The topological polar surface area (TPSA) is 188 Å². The summed E-state index contributed by atoms with van der Waals surface area (Å²) < 4.78 is 0. The monoisotopic (exact) mass is 510 g/mol. The van der Waals surface area contributed by atoms with Gasteiger partial charge in [-0.25, -0.2) is 4.79 Å². The lowest BCUT2D eigenvalue weighted by Crippen LogP contribution is -2.58. The summed E-state index contributed by atoms with van der Waals surface area (Å²) in [5, 5.41) is 25.9. The standard InChI is InChI=1S/C23H34N4O7S/c1-13(2)10-18(23(33)34)27-22(32)17(11-14-6-4-3-5-7-14)26-21(31)16(8-9-19(28)29)25-20(30)15(24)12-35/h3-7,13,15-18,35H,8-12,24H2,1-2H3,(H,25,30)(H,26,31)(H,27,32)(H,28,29)(H,33,34). The summed E-state index contributed by atoms with van der Waals surface area (Å²) >= 11 is 3.94. The largest absolute Gasteiger partial charge is 0.481 e. The summed E-state index contributed by atoms with van der Waals surface area (Å²) in [5.74, 6) is -4.59. The van der Waals surface area contributed by atoms with Crippen molar-refractivity contribution in [3.8, 4) is 0 Å². The van der Waals surface area contributed by atoms with Crippen LogP contribution in [0.1, 0.15) is 38.7 Å². The molecule has 0 aliphatic rings. The third kappa shape index (κ3) is 11.2. The van der Waals surface area contributed by atoms with Crippen LogP contribution in [0.5, 0.6) is 0 Å². The van der Waals surface area contributed by atoms with Gasteiger partial charge in [-0.1, -0.05) is 44.2 Å². The molecule has 0 aliphatic heterocycles. The number of aliphatic carboxylic acids is 2. The van der Waals surface area contributed by atoms with Gasteiger partial charge in [0.1, 0.15) is 18.1 Å². The van der Waals surface area contributed by atoms with Crippen LogP contribution in [0.4, 0.5) is 0 Å². The predicted octanol–water partition coefficient (Wildman–Crippen LogP) is -0.0639. The van der Waals surface area contributed by atoms with Crippen molar-refractivity contribution in [1.29, 1.82) is 0 Å². The molecule has 1 aromatic rings. The Morgan fingerprint density at radius 3 is 1.94 bits per heavy atom. The van der Waals surface area contributed by atoms with Crippen molar-refractivity contribution in [3.63, 3.8) is 0 Å². The van der Waals surface area contributed by atoms with Crippen molar-refractivity contribution in [1.82, 2.24) is 16.0 Å². The smallest absolute Gasteiger partial charge is 0.326 e. The van der Waals surface area contributed by atoms with Crippen LogP contribution in [0.3, 0.4) is 0 Å². The lowest BCUT2D eigenvalue weighted by atomic mass is 10.0. The molecule has 0 radical (unpaired) electrons. The summed E-state index contributed by atoms with van der Waals surface area (Å²) in [6.45, 7) is 3.63. The van der Waals surface area contributed by atoms with Crippen molar-refractivity contribution >= 4 is 42.3 Å². The van der Waals surface area contributed by atoms with E-state index in [9.17, 15) is 29.1 Å². The number of amides is 3. The molecule has 0 aromatic heterocycles. The predicted molar refractivity (Wildman–Crippen MR) is 132 cm³/mol. The quantitative estimate of drug-likeness (QED) is 0.160. The molecule has 4 atom stereocenters. The van der Waals surface area contributed by atoms with E-state index in [1.807, 2.05) is 13.8 Å². The normalized spacial score (nSPS) is 14.3. The van der Waals surface area contributed by atoms with Gasteiger partial charge < -0.3 is 31.9 Å². The fourth-order valence-electron chi connectivity index (χ4n) is 3.19. The first-order valence-electron chi connectivity index (χ1n) is 11.2. The van der Waals surface area contributed by atoms with E-state index in [0.717, 1.165) is 0 Å². The zero-order valence-corrected chi connectivity index (χ0v) is 20.7. The highest BCUT2D eigenvalue weighted by molar-refractivity contribution is 7.80. The van der Waals surface area contributed by atoms with E-state index >= 15 is 0 Å². The molecule has 12 heteroatoms. The van der Waals surface area contributed by atoms with E-state index in [4.69, 9.17) is 10.8 Å². The van der Waals surface area contributed by atoms with Crippen LogP contribution >= 0.6 is 12.6 Å². The average Bonchev–Trinajstić information content (AvgIpc) is 2.80. The Balaban J connectivity index is 3.13. The van der Waals surface area contributed by atoms with E-state index in [1.54, 1.807) is 30.3 Å². The molecule has 0 bridgehead atoms. The first-order chi connectivity index (χ1) is 16.4. The first kappa shape index (κ1) is 29.9. The van der Waals surface area contributed by atoms with Gasteiger partial charge in [0, 0.05) is 18.6 Å². The number of carbonyl (C=O) groups is 5. The number of hydrogen-bond donors (Lipinski definition) is 7. The van der Waals surface area contributed by atoms with E-state index in [2.05, 4.69) is 28.6 Å². The highest BCUT2D eigenvalue weighted by Crippen LogP contribution is 2.09.